The third kappa shape index (κ3) is 6.06. The Kier molecular flexibility index (Phi) is 7.64. The largest absolute Gasteiger partial charge is 0.325 e. The second kappa shape index (κ2) is 10.9. The number of aryl methyl sites for hydroxylation is 1. The lowest BCUT2D eigenvalue weighted by Gasteiger charge is -2.13. The molecule has 0 spiro atoms. The number of thioether (sulfide) groups is 1. The summed E-state index contributed by atoms with van der Waals surface area (Å²) < 4.78 is 27.5. The van der Waals surface area contributed by atoms with Crippen LogP contribution in [0.4, 0.5) is 10.8 Å². The van der Waals surface area contributed by atoms with Gasteiger partial charge in [0, 0.05) is 11.3 Å². The number of benzene rings is 2. The molecule has 0 saturated heterocycles. The average molecular weight is 537 g/mol. The first-order valence-corrected chi connectivity index (χ1v) is 13.8. The van der Waals surface area contributed by atoms with Crippen LogP contribution in [0.1, 0.15) is 17.5 Å². The third-order valence-electron chi connectivity index (χ3n) is 4.89. The van der Waals surface area contributed by atoms with Gasteiger partial charge < -0.3 is 5.32 Å². The van der Waals surface area contributed by atoms with Crippen molar-refractivity contribution in [1.82, 2.24) is 15.2 Å². The molecule has 1 atom stereocenters. The molecule has 1 unspecified atom stereocenters. The highest BCUT2D eigenvalue weighted by Crippen LogP contribution is 2.29. The predicted octanol–water partition coefficient (Wildman–Crippen LogP) is 4.70. The molecular formula is C24H20N6O3S3. The Hall–Kier alpha value is -3.79. The van der Waals surface area contributed by atoms with E-state index in [2.05, 4.69) is 31.3 Å². The first-order valence-electron chi connectivity index (χ1n) is 10.6. The van der Waals surface area contributed by atoms with E-state index in [0.717, 1.165) is 16.9 Å². The van der Waals surface area contributed by atoms with Gasteiger partial charge in [-0.1, -0.05) is 53.4 Å². The maximum absolute atomic E-state index is 12.8. The van der Waals surface area contributed by atoms with Gasteiger partial charge in [-0.25, -0.2) is 13.4 Å². The molecule has 0 fully saturated rings. The van der Waals surface area contributed by atoms with E-state index in [9.17, 15) is 18.5 Å². The number of nitriles is 1. The zero-order valence-corrected chi connectivity index (χ0v) is 21.6. The average Bonchev–Trinajstić information content (AvgIpc) is 3.28. The van der Waals surface area contributed by atoms with Gasteiger partial charge in [0.25, 0.3) is 10.0 Å². The van der Waals surface area contributed by atoms with Gasteiger partial charge in [-0.3, -0.25) is 9.52 Å². The van der Waals surface area contributed by atoms with Crippen LogP contribution in [0.5, 0.6) is 0 Å². The molecule has 2 aromatic heterocycles. The number of rotatable bonds is 8. The molecule has 4 rings (SSSR count). The van der Waals surface area contributed by atoms with E-state index in [1.54, 1.807) is 26.0 Å². The highest BCUT2D eigenvalue weighted by molar-refractivity contribution is 8.00. The molecule has 0 saturated carbocycles. The van der Waals surface area contributed by atoms with Gasteiger partial charge in [-0.2, -0.15) is 5.26 Å². The summed E-state index contributed by atoms with van der Waals surface area (Å²) in [6.45, 7) is 3.44. The van der Waals surface area contributed by atoms with Crippen molar-refractivity contribution >= 4 is 49.8 Å². The highest BCUT2D eigenvalue weighted by Gasteiger charge is 2.20. The molecule has 36 heavy (non-hydrogen) atoms. The summed E-state index contributed by atoms with van der Waals surface area (Å²) in [5.74, 6) is -0.311. The Bertz CT molecular complexity index is 1530. The summed E-state index contributed by atoms with van der Waals surface area (Å²) in [6.07, 6.45) is 0. The van der Waals surface area contributed by atoms with E-state index in [1.807, 2.05) is 30.3 Å². The number of anilines is 2. The Balaban J connectivity index is 1.43. The Labute approximate surface area is 216 Å². The summed E-state index contributed by atoms with van der Waals surface area (Å²) in [5.41, 5.74) is 2.43. The van der Waals surface area contributed by atoms with Gasteiger partial charge >= 0.3 is 0 Å². The Morgan fingerprint density at radius 3 is 2.42 bits per heavy atom. The smallest absolute Gasteiger partial charge is 0.263 e. The van der Waals surface area contributed by atoms with Gasteiger partial charge in [0.2, 0.25) is 11.0 Å². The fourth-order valence-corrected chi connectivity index (χ4v) is 5.79. The van der Waals surface area contributed by atoms with Crippen LogP contribution in [0.3, 0.4) is 0 Å². The van der Waals surface area contributed by atoms with Gasteiger partial charge in [0.1, 0.15) is 16.1 Å². The number of carbonyl (C=O) groups is 1. The molecule has 9 nitrogen and oxygen atoms in total. The Morgan fingerprint density at radius 2 is 1.78 bits per heavy atom. The molecule has 0 aliphatic rings. The number of sulfonamides is 1. The van der Waals surface area contributed by atoms with Gasteiger partial charge in [-0.05, 0) is 50.2 Å². The minimum absolute atomic E-state index is 0.0244. The summed E-state index contributed by atoms with van der Waals surface area (Å²) in [7, 11) is -3.83. The van der Waals surface area contributed by atoms with Crippen LogP contribution in [-0.2, 0) is 14.8 Å². The SMILES string of the molecule is Cc1nnc(NS(=O)(=O)c2ccc(NC(=O)C(C)Sc3nc(-c4ccccc4)ccc3C#N)cc2)s1. The molecule has 1 amide bonds. The van der Waals surface area contributed by atoms with E-state index in [0.29, 0.717) is 27.0 Å². The maximum atomic E-state index is 12.8. The van der Waals surface area contributed by atoms with Crippen LogP contribution in [-0.4, -0.2) is 34.8 Å². The Morgan fingerprint density at radius 1 is 1.06 bits per heavy atom. The fourth-order valence-electron chi connectivity index (χ4n) is 3.08. The highest BCUT2D eigenvalue weighted by atomic mass is 32.2. The van der Waals surface area contributed by atoms with E-state index in [-0.39, 0.29) is 15.9 Å². The van der Waals surface area contributed by atoms with E-state index < -0.39 is 15.3 Å². The summed E-state index contributed by atoms with van der Waals surface area (Å²) in [5, 5.41) is 20.5. The van der Waals surface area contributed by atoms with E-state index >= 15 is 0 Å². The fraction of sp³-hybridized carbons (Fsp3) is 0.125. The zero-order chi connectivity index (χ0) is 25.7. The number of nitrogens with zero attached hydrogens (tertiary/aromatic N) is 4. The molecule has 182 valence electrons. The topological polar surface area (TPSA) is 138 Å². The number of carbonyl (C=O) groups excluding carboxylic acids is 1. The lowest BCUT2D eigenvalue weighted by Crippen LogP contribution is -2.22. The van der Waals surface area contributed by atoms with E-state index in [1.165, 1.54) is 36.0 Å². The second-order valence-electron chi connectivity index (χ2n) is 7.53. The minimum Gasteiger partial charge on any atom is -0.325 e. The molecule has 2 aromatic carbocycles. The van der Waals surface area contributed by atoms with Crippen molar-refractivity contribution in [1.29, 1.82) is 5.26 Å². The number of aromatic nitrogens is 3. The van der Waals surface area contributed by atoms with Crippen molar-refractivity contribution in [2.75, 3.05) is 10.0 Å². The molecule has 4 aromatic rings. The quantitative estimate of drug-likeness (QED) is 0.309. The van der Waals surface area contributed by atoms with Crippen LogP contribution in [0, 0.1) is 18.3 Å². The molecule has 2 heterocycles. The van der Waals surface area contributed by atoms with Crippen molar-refractivity contribution in [3.63, 3.8) is 0 Å². The monoisotopic (exact) mass is 536 g/mol. The van der Waals surface area contributed by atoms with Crippen LogP contribution < -0.4 is 10.0 Å². The third-order valence-corrected chi connectivity index (χ3v) is 8.23. The van der Waals surface area contributed by atoms with Crippen molar-refractivity contribution in [2.45, 2.75) is 29.0 Å². The van der Waals surface area contributed by atoms with Crippen molar-refractivity contribution in [3.8, 4) is 17.3 Å². The van der Waals surface area contributed by atoms with Gasteiger partial charge in [0.05, 0.1) is 21.4 Å². The molecule has 0 aliphatic carbocycles. The molecular weight excluding hydrogens is 517 g/mol. The first-order chi connectivity index (χ1) is 17.2. The van der Waals surface area contributed by atoms with Crippen LogP contribution in [0.15, 0.2) is 76.7 Å². The number of pyridine rings is 1. The first kappa shape index (κ1) is 25.3. The lowest BCUT2D eigenvalue weighted by molar-refractivity contribution is -0.115. The number of nitrogens with one attached hydrogen (secondary N) is 2. The number of amides is 1. The number of hydrogen-bond donors (Lipinski definition) is 2. The molecule has 0 radical (unpaired) electrons. The summed E-state index contributed by atoms with van der Waals surface area (Å²) in [4.78, 5) is 17.4. The van der Waals surface area contributed by atoms with Crippen LogP contribution >= 0.6 is 23.1 Å². The normalized spacial score (nSPS) is 11.9. The second-order valence-corrected chi connectivity index (χ2v) is 11.7. The minimum atomic E-state index is -3.83. The maximum Gasteiger partial charge on any atom is 0.263 e. The van der Waals surface area contributed by atoms with Crippen molar-refractivity contribution in [2.24, 2.45) is 0 Å². The number of hydrogen-bond acceptors (Lipinski definition) is 9. The molecule has 0 aliphatic heterocycles. The molecule has 0 bridgehead atoms. The molecule has 12 heteroatoms. The van der Waals surface area contributed by atoms with E-state index in [4.69, 9.17) is 0 Å². The van der Waals surface area contributed by atoms with Crippen molar-refractivity contribution in [3.05, 3.63) is 77.3 Å². The zero-order valence-electron chi connectivity index (χ0n) is 19.2. The summed E-state index contributed by atoms with van der Waals surface area (Å²) >= 11 is 2.31. The van der Waals surface area contributed by atoms with Gasteiger partial charge in [0.15, 0.2) is 0 Å². The van der Waals surface area contributed by atoms with Crippen LogP contribution in [0.2, 0.25) is 0 Å². The van der Waals surface area contributed by atoms with Crippen LogP contribution in [0.25, 0.3) is 11.3 Å². The van der Waals surface area contributed by atoms with Gasteiger partial charge in [-0.15, -0.1) is 10.2 Å². The van der Waals surface area contributed by atoms with Crippen molar-refractivity contribution < 1.29 is 13.2 Å². The summed E-state index contributed by atoms with van der Waals surface area (Å²) in [6, 6.07) is 20.9. The standard InChI is InChI=1S/C24H20N6O3S3/c1-15(34-23-18(14-25)8-13-21(27-23)17-6-4-3-5-7-17)22(31)26-19-9-11-20(12-10-19)36(32,33)30-24-29-28-16(2)35-24/h3-13,15H,1-2H3,(H,26,31)(H,29,30). The molecule has 2 N–H and O–H groups in total. The predicted molar refractivity (Wildman–Crippen MR) is 140 cm³/mol. The lowest BCUT2D eigenvalue weighted by atomic mass is 10.1.